The molecule has 1 N–H and O–H groups in total. The summed E-state index contributed by atoms with van der Waals surface area (Å²) in [6.45, 7) is 5.44. The van der Waals surface area contributed by atoms with Crippen LogP contribution in [0.25, 0.3) is 10.9 Å². The van der Waals surface area contributed by atoms with E-state index in [1.165, 1.54) is 24.8 Å². The molecule has 1 aliphatic rings. The Kier molecular flexibility index (Phi) is 7.04. The Morgan fingerprint density at radius 1 is 1.06 bits per heavy atom. The van der Waals surface area contributed by atoms with E-state index < -0.39 is 0 Å². The highest BCUT2D eigenvalue weighted by Gasteiger charge is 2.29. The van der Waals surface area contributed by atoms with E-state index in [9.17, 15) is 4.79 Å². The van der Waals surface area contributed by atoms with Crippen molar-refractivity contribution in [1.29, 1.82) is 0 Å². The lowest BCUT2D eigenvalue weighted by molar-refractivity contribution is 0.155. The molecule has 1 aliphatic carbocycles. The van der Waals surface area contributed by atoms with Gasteiger partial charge < -0.3 is 4.98 Å². The Balaban J connectivity index is 1.52. The van der Waals surface area contributed by atoms with Crippen molar-refractivity contribution in [2.24, 2.45) is 0 Å². The van der Waals surface area contributed by atoms with Crippen molar-refractivity contribution in [3.05, 3.63) is 87.5 Å². The number of nitrogens with one attached hydrogen (secondary N) is 1. The average Bonchev–Trinajstić information content (AvgIpc) is 3.36. The van der Waals surface area contributed by atoms with E-state index in [0.717, 1.165) is 47.1 Å². The maximum Gasteiger partial charge on any atom is 0.252 e. The molecule has 0 saturated heterocycles. The second kappa shape index (κ2) is 10.5. The zero-order valence-corrected chi connectivity index (χ0v) is 20.7. The number of aromatic nitrogens is 5. The van der Waals surface area contributed by atoms with Crippen molar-refractivity contribution in [2.45, 2.75) is 77.5 Å². The molecule has 1 atom stereocenters. The van der Waals surface area contributed by atoms with Gasteiger partial charge in [0.2, 0.25) is 0 Å². The second-order valence-electron chi connectivity index (χ2n) is 9.80. The number of hydrogen-bond acceptors (Lipinski definition) is 5. The quantitative estimate of drug-likeness (QED) is 0.369. The van der Waals surface area contributed by atoms with Crippen LogP contribution in [-0.2, 0) is 13.1 Å². The molecule has 0 radical (unpaired) electrons. The minimum absolute atomic E-state index is 0.000229. The standard InChI is InChI=1S/C28H34N6O/c1-3-26(27-30-31-32-34(27)24-12-8-5-9-13-24)33(18-21-10-6-4-7-11-21)19-23-17-22-15-14-20(2)16-25(22)29-28(23)35/h4,6-7,10-11,14-17,24,26H,3,5,8-9,12-13,18-19H2,1-2H3,(H,29,35)/t26-/m1/s1. The van der Waals surface area contributed by atoms with Crippen LogP contribution in [0.5, 0.6) is 0 Å². The second-order valence-corrected chi connectivity index (χ2v) is 9.80. The topological polar surface area (TPSA) is 79.7 Å². The molecule has 4 aromatic rings. The molecule has 182 valence electrons. The van der Waals surface area contributed by atoms with Gasteiger partial charge in [-0.1, -0.05) is 68.7 Å². The molecule has 2 aromatic carbocycles. The Bertz CT molecular complexity index is 1320. The molecule has 2 heterocycles. The first kappa shape index (κ1) is 23.4. The highest BCUT2D eigenvalue weighted by molar-refractivity contribution is 5.79. The lowest BCUT2D eigenvalue weighted by Gasteiger charge is -2.32. The third-order valence-corrected chi connectivity index (χ3v) is 7.24. The lowest BCUT2D eigenvalue weighted by Crippen LogP contribution is -2.33. The van der Waals surface area contributed by atoms with E-state index in [-0.39, 0.29) is 11.6 Å². The van der Waals surface area contributed by atoms with Gasteiger partial charge in [-0.25, -0.2) is 4.68 Å². The van der Waals surface area contributed by atoms with Gasteiger partial charge in [-0.3, -0.25) is 9.69 Å². The van der Waals surface area contributed by atoms with E-state index >= 15 is 0 Å². The predicted molar refractivity (Wildman–Crippen MR) is 138 cm³/mol. The van der Waals surface area contributed by atoms with Crippen molar-refractivity contribution in [3.8, 4) is 0 Å². The van der Waals surface area contributed by atoms with Crippen molar-refractivity contribution >= 4 is 10.9 Å². The number of rotatable bonds is 8. The molecule has 0 unspecified atom stereocenters. The number of aromatic amines is 1. The zero-order chi connectivity index (χ0) is 24.2. The van der Waals surface area contributed by atoms with Crippen molar-refractivity contribution in [1.82, 2.24) is 30.1 Å². The highest BCUT2D eigenvalue weighted by atomic mass is 16.1. The largest absolute Gasteiger partial charge is 0.322 e. The van der Waals surface area contributed by atoms with Crippen LogP contribution in [0.1, 0.15) is 80.0 Å². The van der Waals surface area contributed by atoms with E-state index in [4.69, 9.17) is 0 Å². The summed E-state index contributed by atoms with van der Waals surface area (Å²) in [7, 11) is 0. The number of tetrazole rings is 1. The molecule has 0 bridgehead atoms. The molecule has 1 saturated carbocycles. The molecule has 1 fully saturated rings. The van der Waals surface area contributed by atoms with Gasteiger partial charge in [0.15, 0.2) is 5.82 Å². The fourth-order valence-corrected chi connectivity index (χ4v) is 5.40. The smallest absolute Gasteiger partial charge is 0.252 e. The third-order valence-electron chi connectivity index (χ3n) is 7.24. The van der Waals surface area contributed by atoms with Crippen LogP contribution < -0.4 is 5.56 Å². The van der Waals surface area contributed by atoms with Crippen LogP contribution in [0.2, 0.25) is 0 Å². The summed E-state index contributed by atoms with van der Waals surface area (Å²) in [5.74, 6) is 0.906. The molecular weight excluding hydrogens is 436 g/mol. The molecule has 0 spiro atoms. The van der Waals surface area contributed by atoms with Crippen LogP contribution in [0.3, 0.4) is 0 Å². The molecular formula is C28H34N6O. The number of fused-ring (bicyclic) bond motifs is 1. The SMILES string of the molecule is CC[C@H](c1nnnn1C1CCCCC1)N(Cc1ccccc1)Cc1cc2ccc(C)cc2[nH]c1=O. The minimum atomic E-state index is -0.0390. The van der Waals surface area contributed by atoms with E-state index in [1.54, 1.807) is 0 Å². The van der Waals surface area contributed by atoms with Gasteiger partial charge in [-0.05, 0) is 65.3 Å². The number of hydrogen-bond donors (Lipinski definition) is 1. The number of H-pyrrole nitrogens is 1. The summed E-state index contributed by atoms with van der Waals surface area (Å²) in [5, 5.41) is 14.1. The lowest BCUT2D eigenvalue weighted by atomic mass is 9.95. The van der Waals surface area contributed by atoms with Crippen LogP contribution in [0, 0.1) is 6.92 Å². The number of nitrogens with zero attached hydrogens (tertiary/aromatic N) is 5. The van der Waals surface area contributed by atoms with Gasteiger partial charge in [-0.2, -0.15) is 0 Å². The zero-order valence-electron chi connectivity index (χ0n) is 20.7. The Labute approximate surface area is 206 Å². The summed E-state index contributed by atoms with van der Waals surface area (Å²) in [4.78, 5) is 18.6. The normalized spacial score (nSPS) is 15.6. The van der Waals surface area contributed by atoms with Crippen molar-refractivity contribution < 1.29 is 0 Å². The maximum absolute atomic E-state index is 13.1. The summed E-state index contributed by atoms with van der Waals surface area (Å²) >= 11 is 0. The Morgan fingerprint density at radius 3 is 2.63 bits per heavy atom. The van der Waals surface area contributed by atoms with Gasteiger partial charge in [0.1, 0.15) is 0 Å². The predicted octanol–water partition coefficient (Wildman–Crippen LogP) is 5.48. The minimum Gasteiger partial charge on any atom is -0.322 e. The third kappa shape index (κ3) is 5.20. The van der Waals surface area contributed by atoms with Crippen molar-refractivity contribution in [3.63, 3.8) is 0 Å². The Morgan fingerprint density at radius 2 is 1.86 bits per heavy atom. The summed E-state index contributed by atoms with van der Waals surface area (Å²) in [6, 6.07) is 19.0. The molecule has 5 rings (SSSR count). The average molecular weight is 471 g/mol. The maximum atomic E-state index is 13.1. The first-order chi connectivity index (χ1) is 17.1. The molecule has 0 amide bonds. The van der Waals surface area contributed by atoms with E-state index in [2.05, 4.69) is 73.4 Å². The number of pyridine rings is 1. The molecule has 7 heteroatoms. The fraction of sp³-hybridized carbons (Fsp3) is 0.429. The molecule has 35 heavy (non-hydrogen) atoms. The van der Waals surface area contributed by atoms with Crippen LogP contribution in [0.4, 0.5) is 0 Å². The van der Waals surface area contributed by atoms with Gasteiger partial charge >= 0.3 is 0 Å². The van der Waals surface area contributed by atoms with Gasteiger partial charge in [0.25, 0.3) is 5.56 Å². The van der Waals surface area contributed by atoms with Crippen molar-refractivity contribution in [2.75, 3.05) is 0 Å². The monoisotopic (exact) mass is 470 g/mol. The Hall–Kier alpha value is -3.32. The summed E-state index contributed by atoms with van der Waals surface area (Å²) in [6.07, 6.45) is 6.83. The van der Waals surface area contributed by atoms with E-state index in [0.29, 0.717) is 19.1 Å². The first-order valence-electron chi connectivity index (χ1n) is 12.8. The number of benzene rings is 2. The van der Waals surface area contributed by atoms with Gasteiger partial charge in [-0.15, -0.1) is 5.10 Å². The fourth-order valence-electron chi connectivity index (χ4n) is 5.40. The molecule has 2 aromatic heterocycles. The van der Waals surface area contributed by atoms with E-state index in [1.807, 2.05) is 25.1 Å². The van der Waals surface area contributed by atoms with Gasteiger partial charge in [0, 0.05) is 24.2 Å². The first-order valence-corrected chi connectivity index (χ1v) is 12.8. The summed E-state index contributed by atoms with van der Waals surface area (Å²) < 4.78 is 2.07. The van der Waals surface area contributed by atoms with Gasteiger partial charge in [0.05, 0.1) is 12.1 Å². The molecule has 7 nitrogen and oxygen atoms in total. The van der Waals surface area contributed by atoms with Crippen LogP contribution in [-0.4, -0.2) is 30.1 Å². The highest BCUT2D eigenvalue weighted by Crippen LogP contribution is 2.32. The van der Waals surface area contributed by atoms with Crippen LogP contribution in [0.15, 0.2) is 59.4 Å². The summed E-state index contributed by atoms with van der Waals surface area (Å²) in [5.41, 5.74) is 3.93. The number of aryl methyl sites for hydroxylation is 1. The van der Waals surface area contributed by atoms with Crippen LogP contribution >= 0.6 is 0 Å². The molecule has 0 aliphatic heterocycles.